The van der Waals surface area contributed by atoms with Crippen molar-refractivity contribution in [1.29, 1.82) is 0 Å². The van der Waals surface area contributed by atoms with Gasteiger partial charge in [0.1, 0.15) is 23.2 Å². The molecule has 41 heavy (non-hydrogen) atoms. The molecule has 0 aromatic carbocycles. The van der Waals surface area contributed by atoms with Gasteiger partial charge in [-0.15, -0.1) is 0 Å². The quantitative estimate of drug-likeness (QED) is 0.362. The van der Waals surface area contributed by atoms with Gasteiger partial charge in [-0.3, -0.25) is 19.2 Å². The molecule has 0 radical (unpaired) electrons. The second-order valence-corrected chi connectivity index (χ2v) is 15.5. The van der Waals surface area contributed by atoms with Gasteiger partial charge in [0.2, 0.25) is 17.6 Å². The fraction of sp³-hybridized carbons (Fsp3) is 0.839. The van der Waals surface area contributed by atoms with Crippen LogP contribution in [-0.4, -0.2) is 70.3 Å². The predicted molar refractivity (Wildman–Crippen MR) is 154 cm³/mol. The Kier molecular flexibility index (Phi) is 8.06. The summed E-state index contributed by atoms with van der Waals surface area (Å²) in [4.78, 5) is 68.7. The number of carbonyl (C=O) groups excluding carboxylic acids is 5. The number of ketones is 1. The van der Waals surface area contributed by atoms with Gasteiger partial charge < -0.3 is 25.6 Å². The van der Waals surface area contributed by atoms with Crippen LogP contribution in [0, 0.1) is 28.6 Å². The van der Waals surface area contributed by atoms with Crippen LogP contribution in [0.15, 0.2) is 0 Å². The van der Waals surface area contributed by atoms with Crippen molar-refractivity contribution in [1.82, 2.24) is 20.9 Å². The molecule has 4 aliphatic rings. The number of nitrogens with one attached hydrogen (secondary N) is 3. The highest BCUT2D eigenvalue weighted by Gasteiger charge is 2.70. The van der Waals surface area contributed by atoms with Crippen LogP contribution in [0.1, 0.15) is 101 Å². The molecular formula is C31H50N4O6. The summed E-state index contributed by atoms with van der Waals surface area (Å²) in [6.45, 7) is 17.5. The van der Waals surface area contributed by atoms with Gasteiger partial charge in [0, 0.05) is 12.6 Å². The van der Waals surface area contributed by atoms with E-state index in [-0.39, 0.29) is 35.1 Å². The molecule has 4 fully saturated rings. The molecule has 0 bridgehead atoms. The van der Waals surface area contributed by atoms with Crippen LogP contribution in [0.4, 0.5) is 4.79 Å². The van der Waals surface area contributed by atoms with Gasteiger partial charge in [0.15, 0.2) is 0 Å². The highest BCUT2D eigenvalue weighted by atomic mass is 16.6. The van der Waals surface area contributed by atoms with Gasteiger partial charge in [-0.05, 0) is 75.0 Å². The number of amides is 4. The zero-order valence-corrected chi connectivity index (χ0v) is 26.3. The summed E-state index contributed by atoms with van der Waals surface area (Å²) in [5, 5.41) is 8.55. The minimum atomic E-state index is -1.25. The highest BCUT2D eigenvalue weighted by Crippen LogP contribution is 2.65. The second kappa shape index (κ2) is 10.6. The van der Waals surface area contributed by atoms with Crippen LogP contribution in [0.3, 0.4) is 0 Å². The zero-order valence-electron chi connectivity index (χ0n) is 26.3. The Labute approximate surface area is 244 Å². The summed E-state index contributed by atoms with van der Waals surface area (Å²) in [7, 11) is 0. The molecule has 4 rings (SSSR count). The van der Waals surface area contributed by atoms with E-state index in [0.717, 1.165) is 25.7 Å². The molecule has 3 N–H and O–H groups in total. The van der Waals surface area contributed by atoms with Crippen LogP contribution in [0.2, 0.25) is 0 Å². The van der Waals surface area contributed by atoms with Gasteiger partial charge in [-0.25, -0.2) is 4.79 Å². The fourth-order valence-electron chi connectivity index (χ4n) is 6.94. The number of alkyl carbamates (subject to hydrolysis) is 1. The number of ether oxygens (including phenoxy) is 1. The maximum Gasteiger partial charge on any atom is 0.408 e. The number of Topliss-reactive ketones (excluding diaryl/α,β-unsaturated/α-hetero) is 1. The van der Waals surface area contributed by atoms with E-state index in [2.05, 4.69) is 36.7 Å². The molecule has 0 aromatic heterocycles. The normalized spacial score (nSPS) is 30.8. The number of hydrogen-bond donors (Lipinski definition) is 3. The molecule has 1 heterocycles. The summed E-state index contributed by atoms with van der Waals surface area (Å²) < 4.78 is 5.44. The molecule has 230 valence electrons. The first-order valence-electron chi connectivity index (χ1n) is 15.3. The van der Waals surface area contributed by atoms with Crippen molar-refractivity contribution in [3.05, 3.63) is 0 Å². The van der Waals surface area contributed by atoms with Crippen molar-refractivity contribution < 1.29 is 28.7 Å². The van der Waals surface area contributed by atoms with E-state index in [9.17, 15) is 24.0 Å². The maximum atomic E-state index is 14.1. The van der Waals surface area contributed by atoms with E-state index in [1.807, 2.05) is 20.8 Å². The first-order chi connectivity index (χ1) is 18.8. The minimum absolute atomic E-state index is 0.0356. The molecule has 10 nitrogen and oxygen atoms in total. The Hall–Kier alpha value is -2.65. The minimum Gasteiger partial charge on any atom is -0.444 e. The molecule has 3 aliphatic carbocycles. The summed E-state index contributed by atoms with van der Waals surface area (Å²) in [6, 6.07) is -1.69. The number of nitrogens with zero attached hydrogens (tertiary/aromatic N) is 1. The standard InChI is InChI=1S/C31H50N4O6/c1-10-11-17-14-31(15-17,23(36)25(38)32-18-12-13-18)34-24(37)21-20-19(30(20,8)9)16-35(21)26(39)22(28(2,3)4)33-27(40)41-29(5,6)7/h17-22H,10-16H2,1-9H3,(H,32,38)(H,33,40)(H,34,37)/t17?,19?,20?,21-,22-,31?/m0/s1. The smallest absolute Gasteiger partial charge is 0.408 e. The molecule has 4 amide bonds. The van der Waals surface area contributed by atoms with Crippen molar-refractivity contribution in [3.63, 3.8) is 0 Å². The number of carbonyl (C=O) groups is 5. The van der Waals surface area contributed by atoms with E-state index in [0.29, 0.717) is 19.4 Å². The number of piperidine rings is 1. The Morgan fingerprint density at radius 1 is 1.00 bits per heavy atom. The number of rotatable bonds is 9. The summed E-state index contributed by atoms with van der Waals surface area (Å²) >= 11 is 0. The highest BCUT2D eigenvalue weighted by molar-refractivity contribution is 6.40. The molecule has 0 spiro atoms. The zero-order chi connectivity index (χ0) is 30.7. The number of fused-ring (bicyclic) bond motifs is 1. The molecule has 3 saturated carbocycles. The monoisotopic (exact) mass is 574 g/mol. The van der Waals surface area contributed by atoms with E-state index in [1.165, 1.54) is 0 Å². The Balaban J connectivity index is 1.56. The molecule has 2 unspecified atom stereocenters. The van der Waals surface area contributed by atoms with E-state index in [4.69, 9.17) is 4.74 Å². The number of hydrogen-bond acceptors (Lipinski definition) is 6. The van der Waals surface area contributed by atoms with Gasteiger partial charge >= 0.3 is 6.09 Å². The van der Waals surface area contributed by atoms with Crippen LogP contribution >= 0.6 is 0 Å². The number of likely N-dealkylation sites (tertiary alicyclic amines) is 1. The Morgan fingerprint density at radius 2 is 1.61 bits per heavy atom. The summed E-state index contributed by atoms with van der Waals surface area (Å²) in [5.41, 5.74) is -2.78. The third-order valence-electron chi connectivity index (χ3n) is 9.42. The lowest BCUT2D eigenvalue weighted by molar-refractivity contribution is -0.151. The largest absolute Gasteiger partial charge is 0.444 e. The molecular weight excluding hydrogens is 524 g/mol. The van der Waals surface area contributed by atoms with E-state index in [1.54, 1.807) is 25.7 Å². The van der Waals surface area contributed by atoms with Crippen molar-refractivity contribution in [2.45, 2.75) is 130 Å². The molecule has 1 saturated heterocycles. The fourth-order valence-corrected chi connectivity index (χ4v) is 6.94. The Bertz CT molecular complexity index is 1090. The van der Waals surface area contributed by atoms with Gasteiger partial charge in [0.05, 0.1) is 0 Å². The summed E-state index contributed by atoms with van der Waals surface area (Å²) in [5.74, 6) is -1.67. The lowest BCUT2D eigenvalue weighted by Gasteiger charge is -2.47. The second-order valence-electron chi connectivity index (χ2n) is 15.5. The first-order valence-corrected chi connectivity index (χ1v) is 15.3. The van der Waals surface area contributed by atoms with Gasteiger partial charge in [-0.1, -0.05) is 54.4 Å². The Morgan fingerprint density at radius 3 is 2.12 bits per heavy atom. The van der Waals surface area contributed by atoms with Crippen molar-refractivity contribution in [2.75, 3.05) is 6.54 Å². The van der Waals surface area contributed by atoms with Crippen molar-refractivity contribution in [2.24, 2.45) is 28.6 Å². The molecule has 4 atom stereocenters. The molecule has 0 aromatic rings. The molecule has 10 heteroatoms. The maximum absolute atomic E-state index is 14.1. The SMILES string of the molecule is CCCC1CC(NC(=O)[C@@H]2C3C(CN2C(=O)[C@H](NC(=O)OC(C)(C)C)C(C)(C)C)C3(C)C)(C(=O)C(=O)NC2CC2)C1. The van der Waals surface area contributed by atoms with Crippen molar-refractivity contribution in [3.8, 4) is 0 Å². The van der Waals surface area contributed by atoms with Gasteiger partial charge in [0.25, 0.3) is 5.91 Å². The topological polar surface area (TPSA) is 134 Å². The molecule has 1 aliphatic heterocycles. The lowest BCUT2D eigenvalue weighted by Crippen LogP contribution is -2.68. The van der Waals surface area contributed by atoms with Gasteiger partial charge in [-0.2, -0.15) is 0 Å². The van der Waals surface area contributed by atoms with Crippen LogP contribution in [0.25, 0.3) is 0 Å². The third-order valence-corrected chi connectivity index (χ3v) is 9.42. The average Bonchev–Trinajstić information content (AvgIpc) is 3.65. The van der Waals surface area contributed by atoms with E-state index < -0.39 is 52.3 Å². The predicted octanol–water partition coefficient (Wildman–Crippen LogP) is 3.32. The van der Waals surface area contributed by atoms with E-state index >= 15 is 0 Å². The first kappa shape index (κ1) is 31.3. The van der Waals surface area contributed by atoms with Crippen molar-refractivity contribution >= 4 is 29.6 Å². The lowest BCUT2D eigenvalue weighted by atomic mass is 9.64. The van der Waals surface area contributed by atoms with Crippen LogP contribution in [-0.2, 0) is 23.9 Å². The average molecular weight is 575 g/mol. The summed E-state index contributed by atoms with van der Waals surface area (Å²) in [6.07, 6.45) is 3.75. The van der Waals surface area contributed by atoms with Crippen LogP contribution < -0.4 is 16.0 Å². The third kappa shape index (κ3) is 6.41. The van der Waals surface area contributed by atoms with Crippen LogP contribution in [0.5, 0.6) is 0 Å².